The Morgan fingerprint density at radius 3 is 2.42 bits per heavy atom. The fourth-order valence-corrected chi connectivity index (χ4v) is 5.81. The second-order valence-electron chi connectivity index (χ2n) is 9.43. The maximum atomic E-state index is 13.2. The molecule has 6 nitrogen and oxygen atoms in total. The van der Waals surface area contributed by atoms with Gasteiger partial charge in [-0.1, -0.05) is 49.7 Å². The largest absolute Gasteiger partial charge is 0.326 e. The average molecular weight is 518 g/mol. The molecule has 5 rings (SSSR count). The number of aryl methyl sites for hydroxylation is 2. The van der Waals surface area contributed by atoms with Crippen LogP contribution in [0.1, 0.15) is 71.0 Å². The zero-order valence-corrected chi connectivity index (χ0v) is 22.5. The molecular weight excluding hydrogens is 490 g/mol. The highest BCUT2D eigenvalue weighted by atomic mass is 35.5. The van der Waals surface area contributed by atoms with Crippen molar-refractivity contribution in [2.75, 3.05) is 5.32 Å². The summed E-state index contributed by atoms with van der Waals surface area (Å²) in [7, 11) is 0. The molecule has 36 heavy (non-hydrogen) atoms. The van der Waals surface area contributed by atoms with E-state index in [9.17, 15) is 4.79 Å². The number of nitrogens with one attached hydrogen (secondary N) is 1. The Kier molecular flexibility index (Phi) is 6.53. The zero-order chi connectivity index (χ0) is 25.6. The van der Waals surface area contributed by atoms with E-state index in [2.05, 4.69) is 47.8 Å². The van der Waals surface area contributed by atoms with Gasteiger partial charge in [0.25, 0.3) is 0 Å². The van der Waals surface area contributed by atoms with Crippen LogP contribution in [-0.2, 0) is 4.79 Å². The molecule has 2 aromatic carbocycles. The molecule has 1 atom stereocenters. The van der Waals surface area contributed by atoms with Gasteiger partial charge in [0.15, 0.2) is 5.82 Å². The summed E-state index contributed by atoms with van der Waals surface area (Å²) < 4.78 is 2.06. The van der Waals surface area contributed by atoms with Crippen molar-refractivity contribution >= 4 is 40.2 Å². The second-order valence-corrected chi connectivity index (χ2v) is 11.1. The van der Waals surface area contributed by atoms with Gasteiger partial charge in [-0.05, 0) is 62.1 Å². The van der Waals surface area contributed by atoms with Crippen molar-refractivity contribution < 1.29 is 4.79 Å². The van der Waals surface area contributed by atoms with Crippen molar-refractivity contribution in [2.45, 2.75) is 53.0 Å². The molecule has 0 saturated carbocycles. The topological polar surface area (TPSA) is 72.2 Å². The van der Waals surface area contributed by atoms with Crippen LogP contribution in [0.2, 0.25) is 5.02 Å². The van der Waals surface area contributed by atoms with Gasteiger partial charge in [0.05, 0.1) is 12.1 Å². The summed E-state index contributed by atoms with van der Waals surface area (Å²) in [5.41, 5.74) is 6.01. The Bertz CT molecular complexity index is 1470. The molecule has 0 radical (unpaired) electrons. The molecule has 8 heteroatoms. The number of amides is 1. The number of anilines is 1. The molecule has 0 aliphatic carbocycles. The number of carbonyl (C=O) groups excluding carboxylic acids is 1. The van der Waals surface area contributed by atoms with Gasteiger partial charge in [0, 0.05) is 26.7 Å². The van der Waals surface area contributed by atoms with Gasteiger partial charge >= 0.3 is 0 Å². The van der Waals surface area contributed by atoms with Gasteiger partial charge in [-0.2, -0.15) is 0 Å². The Morgan fingerprint density at radius 1 is 1.06 bits per heavy atom. The van der Waals surface area contributed by atoms with Crippen molar-refractivity contribution in [3.8, 4) is 5.00 Å². The first-order valence-corrected chi connectivity index (χ1v) is 13.2. The number of thiophene rings is 1. The molecule has 0 spiro atoms. The lowest BCUT2D eigenvalue weighted by Gasteiger charge is -2.13. The molecule has 3 heterocycles. The van der Waals surface area contributed by atoms with Gasteiger partial charge in [-0.25, -0.2) is 0 Å². The molecule has 0 fully saturated rings. The molecule has 184 valence electrons. The average Bonchev–Trinajstić information content (AvgIpc) is 3.32. The lowest BCUT2D eigenvalue weighted by molar-refractivity contribution is -0.116. The maximum absolute atomic E-state index is 13.2. The lowest BCUT2D eigenvalue weighted by atomic mass is 9.99. The molecule has 1 N–H and O–H groups in total. The summed E-state index contributed by atoms with van der Waals surface area (Å²) >= 11 is 7.88. The summed E-state index contributed by atoms with van der Waals surface area (Å²) in [6.07, 6.45) is 0.147. The number of hydrogen-bond acceptors (Lipinski definition) is 5. The highest BCUT2D eigenvalue weighted by molar-refractivity contribution is 7.15. The van der Waals surface area contributed by atoms with Crippen LogP contribution in [0.5, 0.6) is 0 Å². The second kappa shape index (κ2) is 9.64. The number of fused-ring (bicyclic) bond motifs is 3. The third kappa shape index (κ3) is 4.49. The van der Waals surface area contributed by atoms with E-state index in [0.717, 1.165) is 38.9 Å². The first-order chi connectivity index (χ1) is 17.2. The Morgan fingerprint density at radius 2 is 1.75 bits per heavy atom. The van der Waals surface area contributed by atoms with Crippen molar-refractivity contribution in [1.82, 2.24) is 14.8 Å². The van der Waals surface area contributed by atoms with Crippen LogP contribution in [0, 0.1) is 20.8 Å². The molecule has 4 aromatic rings. The van der Waals surface area contributed by atoms with Crippen molar-refractivity contribution in [2.24, 2.45) is 4.99 Å². The Hall–Kier alpha value is -3.29. The molecule has 2 aromatic heterocycles. The summed E-state index contributed by atoms with van der Waals surface area (Å²) in [5, 5.41) is 13.6. The number of hydrogen-bond donors (Lipinski definition) is 1. The lowest BCUT2D eigenvalue weighted by Crippen LogP contribution is -2.17. The predicted octanol–water partition coefficient (Wildman–Crippen LogP) is 6.95. The molecule has 1 unspecified atom stereocenters. The van der Waals surface area contributed by atoms with E-state index < -0.39 is 6.04 Å². The standard InChI is InChI=1S/C28H28ClN5OS/c1-15(2)19-8-12-22(13-9-19)30-24(35)14-23-27-33-32-18(5)34(27)28-25(16(3)17(4)36-28)26(31-23)20-6-10-21(29)11-7-20/h6-13,15,23H,14H2,1-5H3,(H,30,35). The monoisotopic (exact) mass is 517 g/mol. The number of carbonyl (C=O) groups is 1. The summed E-state index contributed by atoms with van der Waals surface area (Å²) in [6, 6.07) is 15.2. The minimum Gasteiger partial charge on any atom is -0.326 e. The van der Waals surface area contributed by atoms with E-state index in [4.69, 9.17) is 16.6 Å². The normalized spacial score (nSPS) is 14.8. The van der Waals surface area contributed by atoms with Gasteiger partial charge in [0.2, 0.25) is 5.91 Å². The number of aromatic nitrogens is 3. The third-order valence-corrected chi connectivity index (χ3v) is 8.04. The van der Waals surface area contributed by atoms with Gasteiger partial charge in [0.1, 0.15) is 16.9 Å². The SMILES string of the molecule is Cc1sc2c(c1C)C(c1ccc(Cl)cc1)=NC(CC(=O)Nc1ccc(C(C)C)cc1)c1nnc(C)n1-2. The van der Waals surface area contributed by atoms with E-state index in [1.165, 1.54) is 10.4 Å². The molecular formula is C28H28ClN5OS. The fourth-order valence-electron chi connectivity index (χ4n) is 4.47. The maximum Gasteiger partial charge on any atom is 0.227 e. The van der Waals surface area contributed by atoms with Crippen LogP contribution in [0.3, 0.4) is 0 Å². The summed E-state index contributed by atoms with van der Waals surface area (Å²) in [6.45, 7) is 10.5. The smallest absolute Gasteiger partial charge is 0.227 e. The first-order valence-electron chi connectivity index (χ1n) is 12.0. The van der Waals surface area contributed by atoms with Crippen molar-refractivity contribution in [3.63, 3.8) is 0 Å². The van der Waals surface area contributed by atoms with Gasteiger partial charge in [-0.15, -0.1) is 21.5 Å². The van der Waals surface area contributed by atoms with E-state index in [0.29, 0.717) is 16.8 Å². The molecule has 1 amide bonds. The molecule has 1 aliphatic rings. The highest BCUT2D eigenvalue weighted by Gasteiger charge is 2.32. The van der Waals surface area contributed by atoms with Crippen LogP contribution in [0.25, 0.3) is 5.00 Å². The van der Waals surface area contributed by atoms with E-state index in [1.807, 2.05) is 55.5 Å². The predicted molar refractivity (Wildman–Crippen MR) is 147 cm³/mol. The van der Waals surface area contributed by atoms with Crippen molar-refractivity contribution in [3.05, 3.63) is 92.3 Å². The minimum atomic E-state index is -0.494. The number of rotatable bonds is 5. The molecule has 0 saturated heterocycles. The third-order valence-electron chi connectivity index (χ3n) is 6.60. The van der Waals surface area contributed by atoms with Crippen LogP contribution >= 0.6 is 22.9 Å². The minimum absolute atomic E-state index is 0.123. The quantitative estimate of drug-likeness (QED) is 0.311. The first kappa shape index (κ1) is 24.4. The molecule has 0 bridgehead atoms. The number of aliphatic imine (C=N–C) groups is 1. The summed E-state index contributed by atoms with van der Waals surface area (Å²) in [5.74, 6) is 1.75. The van der Waals surface area contributed by atoms with E-state index >= 15 is 0 Å². The van der Waals surface area contributed by atoms with E-state index in [-0.39, 0.29) is 12.3 Å². The van der Waals surface area contributed by atoms with E-state index in [1.54, 1.807) is 11.3 Å². The highest BCUT2D eigenvalue weighted by Crippen LogP contribution is 2.39. The fraction of sp³-hybridized carbons (Fsp3) is 0.286. The van der Waals surface area contributed by atoms with Crippen LogP contribution in [0.15, 0.2) is 53.5 Å². The number of halogens is 1. The van der Waals surface area contributed by atoms with Crippen LogP contribution in [0.4, 0.5) is 5.69 Å². The van der Waals surface area contributed by atoms with Gasteiger partial charge in [-0.3, -0.25) is 14.4 Å². The number of benzene rings is 2. The Balaban J connectivity index is 1.56. The Labute approximate surface area is 220 Å². The van der Waals surface area contributed by atoms with Crippen molar-refractivity contribution in [1.29, 1.82) is 0 Å². The summed E-state index contributed by atoms with van der Waals surface area (Å²) in [4.78, 5) is 19.6. The molecule has 1 aliphatic heterocycles. The number of nitrogens with zero attached hydrogens (tertiary/aromatic N) is 4. The van der Waals surface area contributed by atoms with Crippen LogP contribution < -0.4 is 5.32 Å². The van der Waals surface area contributed by atoms with Crippen LogP contribution in [-0.4, -0.2) is 26.4 Å². The van der Waals surface area contributed by atoms with Gasteiger partial charge < -0.3 is 5.32 Å². The zero-order valence-electron chi connectivity index (χ0n) is 21.0.